The fourth-order valence-corrected chi connectivity index (χ4v) is 3.39. The van der Waals surface area contributed by atoms with Gasteiger partial charge in [0.2, 0.25) is 5.91 Å². The molecule has 3 aromatic rings. The summed E-state index contributed by atoms with van der Waals surface area (Å²) in [7, 11) is 0. The summed E-state index contributed by atoms with van der Waals surface area (Å²) in [5, 5.41) is 11.3. The van der Waals surface area contributed by atoms with Gasteiger partial charge in [0, 0.05) is 6.54 Å². The molecule has 0 aliphatic rings. The van der Waals surface area contributed by atoms with Gasteiger partial charge in [-0.3, -0.25) is 4.79 Å². The molecular weight excluding hydrogens is 382 g/mol. The summed E-state index contributed by atoms with van der Waals surface area (Å²) < 4.78 is 29.7. The minimum absolute atomic E-state index is 0.0296. The number of hydrogen-bond acceptors (Lipinski definition) is 4. The predicted molar refractivity (Wildman–Crippen MR) is 106 cm³/mol. The van der Waals surface area contributed by atoms with E-state index in [1.54, 1.807) is 30.3 Å². The van der Waals surface area contributed by atoms with Crippen LogP contribution in [0.25, 0.3) is 11.4 Å². The molecular formula is C20H20F2N4OS. The molecule has 0 aliphatic heterocycles. The van der Waals surface area contributed by atoms with E-state index in [2.05, 4.69) is 15.5 Å². The van der Waals surface area contributed by atoms with Crippen LogP contribution < -0.4 is 5.32 Å². The van der Waals surface area contributed by atoms with E-state index >= 15 is 0 Å². The van der Waals surface area contributed by atoms with Gasteiger partial charge in [-0.15, -0.1) is 10.2 Å². The number of carbonyl (C=O) groups excluding carboxylic acids is 1. The fraction of sp³-hybridized carbons (Fsp3) is 0.250. The van der Waals surface area contributed by atoms with Crippen LogP contribution >= 0.6 is 11.8 Å². The van der Waals surface area contributed by atoms with Gasteiger partial charge in [0.25, 0.3) is 0 Å². The van der Waals surface area contributed by atoms with Crippen LogP contribution in [0.15, 0.2) is 53.7 Å². The molecule has 1 amide bonds. The topological polar surface area (TPSA) is 59.8 Å². The maximum atomic E-state index is 14.2. The van der Waals surface area contributed by atoms with Gasteiger partial charge in [-0.1, -0.05) is 49.9 Å². The van der Waals surface area contributed by atoms with Crippen LogP contribution in [-0.4, -0.2) is 26.4 Å². The number of thioether (sulfide) groups is 1. The highest BCUT2D eigenvalue weighted by Crippen LogP contribution is 2.27. The van der Waals surface area contributed by atoms with Crippen LogP contribution in [0.4, 0.5) is 14.5 Å². The number of rotatable bonds is 7. The molecule has 0 atom stereocenters. The first-order valence-corrected chi connectivity index (χ1v) is 9.79. The maximum absolute atomic E-state index is 14.2. The maximum Gasteiger partial charge on any atom is 0.234 e. The highest BCUT2D eigenvalue weighted by atomic mass is 32.2. The summed E-state index contributed by atoms with van der Waals surface area (Å²) in [4.78, 5) is 12.2. The molecule has 0 fully saturated rings. The highest BCUT2D eigenvalue weighted by molar-refractivity contribution is 7.99. The van der Waals surface area contributed by atoms with Gasteiger partial charge in [-0.2, -0.15) is 0 Å². The number of nitrogens with one attached hydrogen (secondary N) is 1. The molecule has 2 aromatic carbocycles. The van der Waals surface area contributed by atoms with Gasteiger partial charge in [0.05, 0.1) is 17.0 Å². The summed E-state index contributed by atoms with van der Waals surface area (Å²) in [6, 6.07) is 12.3. The number of anilines is 1. The predicted octanol–water partition coefficient (Wildman–Crippen LogP) is 4.61. The summed E-state index contributed by atoms with van der Waals surface area (Å²) in [5.41, 5.74) is 0.488. The highest BCUT2D eigenvalue weighted by Gasteiger charge is 2.19. The van der Waals surface area contributed by atoms with Crippen molar-refractivity contribution in [1.29, 1.82) is 0 Å². The van der Waals surface area contributed by atoms with Crippen LogP contribution in [0, 0.1) is 17.6 Å². The smallest absolute Gasteiger partial charge is 0.234 e. The van der Waals surface area contributed by atoms with Gasteiger partial charge in [0.1, 0.15) is 11.6 Å². The lowest BCUT2D eigenvalue weighted by Crippen LogP contribution is -2.16. The van der Waals surface area contributed by atoms with Gasteiger partial charge in [0.15, 0.2) is 11.0 Å². The number of amides is 1. The molecule has 0 unspecified atom stereocenters. The van der Waals surface area contributed by atoms with Gasteiger partial charge in [-0.05, 0) is 30.2 Å². The molecule has 0 saturated heterocycles. The summed E-state index contributed by atoms with van der Waals surface area (Å²) in [6.45, 7) is 4.64. The molecule has 1 N–H and O–H groups in total. The first-order valence-electron chi connectivity index (χ1n) is 8.81. The fourth-order valence-electron chi connectivity index (χ4n) is 2.65. The van der Waals surface area contributed by atoms with E-state index in [1.165, 1.54) is 30.0 Å². The zero-order valence-electron chi connectivity index (χ0n) is 15.5. The number of halogens is 2. The Kier molecular flexibility index (Phi) is 6.41. The Morgan fingerprint density at radius 2 is 1.75 bits per heavy atom. The molecule has 0 bridgehead atoms. The molecule has 8 heteroatoms. The Labute approximate surface area is 166 Å². The third kappa shape index (κ3) is 4.75. The summed E-state index contributed by atoms with van der Waals surface area (Å²) >= 11 is 1.18. The SMILES string of the molecule is CC(C)Cn1c(SCC(=O)Nc2ccccc2F)nnc1-c1ccccc1F. The van der Waals surface area contributed by atoms with E-state index in [9.17, 15) is 13.6 Å². The third-order valence-corrected chi connectivity index (χ3v) is 4.83. The molecule has 1 heterocycles. The quantitative estimate of drug-likeness (QED) is 0.587. The molecule has 3 rings (SSSR count). The Bertz CT molecular complexity index is 974. The van der Waals surface area contributed by atoms with Crippen LogP contribution in [-0.2, 0) is 11.3 Å². The van der Waals surface area contributed by atoms with Crippen LogP contribution in [0.5, 0.6) is 0 Å². The zero-order valence-corrected chi connectivity index (χ0v) is 16.3. The number of nitrogens with zero attached hydrogens (tertiary/aromatic N) is 3. The minimum Gasteiger partial charge on any atom is -0.323 e. The van der Waals surface area contributed by atoms with Crippen LogP contribution in [0.2, 0.25) is 0 Å². The van der Waals surface area contributed by atoms with Crippen LogP contribution in [0.1, 0.15) is 13.8 Å². The van der Waals surface area contributed by atoms with E-state index in [-0.39, 0.29) is 29.1 Å². The van der Waals surface area contributed by atoms with Crippen molar-refractivity contribution >= 4 is 23.4 Å². The Morgan fingerprint density at radius 3 is 2.43 bits per heavy atom. The van der Waals surface area contributed by atoms with E-state index in [4.69, 9.17) is 0 Å². The standard InChI is InChI=1S/C20H20F2N4OS/c1-13(2)11-26-19(14-7-3-4-8-15(14)21)24-25-20(26)28-12-18(27)23-17-10-6-5-9-16(17)22/h3-10,13H,11-12H2,1-2H3,(H,23,27). The average molecular weight is 402 g/mol. The van der Waals surface area contributed by atoms with Crippen molar-refractivity contribution < 1.29 is 13.6 Å². The van der Waals surface area contributed by atoms with E-state index in [0.717, 1.165) is 0 Å². The Morgan fingerprint density at radius 1 is 1.07 bits per heavy atom. The lowest BCUT2D eigenvalue weighted by molar-refractivity contribution is -0.113. The number of benzene rings is 2. The van der Waals surface area contributed by atoms with Gasteiger partial charge in [-0.25, -0.2) is 8.78 Å². The first kappa shape index (κ1) is 20.0. The Balaban J connectivity index is 1.77. The van der Waals surface area contributed by atoms with E-state index < -0.39 is 5.82 Å². The summed E-state index contributed by atoms with van der Waals surface area (Å²) in [5.74, 6) is -0.514. The lowest BCUT2D eigenvalue weighted by atomic mass is 10.2. The first-order chi connectivity index (χ1) is 13.5. The molecule has 0 aliphatic carbocycles. The van der Waals surface area contributed by atoms with Crippen molar-refractivity contribution in [3.8, 4) is 11.4 Å². The summed E-state index contributed by atoms with van der Waals surface area (Å²) in [6.07, 6.45) is 0. The van der Waals surface area contributed by atoms with Crippen molar-refractivity contribution in [2.24, 2.45) is 5.92 Å². The Hall–Kier alpha value is -2.74. The lowest BCUT2D eigenvalue weighted by Gasteiger charge is -2.13. The molecule has 146 valence electrons. The molecule has 1 aromatic heterocycles. The van der Waals surface area contributed by atoms with Gasteiger partial charge >= 0.3 is 0 Å². The average Bonchev–Trinajstić information content (AvgIpc) is 3.04. The second-order valence-corrected chi connectivity index (χ2v) is 7.55. The molecule has 5 nitrogen and oxygen atoms in total. The number of hydrogen-bond donors (Lipinski definition) is 1. The second kappa shape index (κ2) is 8.97. The van der Waals surface area contributed by atoms with Gasteiger partial charge < -0.3 is 9.88 Å². The number of carbonyl (C=O) groups is 1. The minimum atomic E-state index is -0.495. The second-order valence-electron chi connectivity index (χ2n) is 6.61. The van der Waals surface area contributed by atoms with Crippen molar-refractivity contribution in [2.75, 3.05) is 11.1 Å². The number of aromatic nitrogens is 3. The van der Waals surface area contributed by atoms with E-state index in [0.29, 0.717) is 23.1 Å². The monoisotopic (exact) mass is 402 g/mol. The normalized spacial score (nSPS) is 11.0. The van der Waals surface area contributed by atoms with Crippen molar-refractivity contribution in [1.82, 2.24) is 14.8 Å². The van der Waals surface area contributed by atoms with Crippen molar-refractivity contribution in [3.63, 3.8) is 0 Å². The largest absolute Gasteiger partial charge is 0.323 e. The molecule has 0 saturated carbocycles. The van der Waals surface area contributed by atoms with Crippen molar-refractivity contribution in [3.05, 3.63) is 60.2 Å². The molecule has 0 radical (unpaired) electrons. The van der Waals surface area contributed by atoms with E-state index in [1.807, 2.05) is 18.4 Å². The third-order valence-electron chi connectivity index (χ3n) is 3.86. The molecule has 28 heavy (non-hydrogen) atoms. The zero-order chi connectivity index (χ0) is 20.1. The van der Waals surface area contributed by atoms with Crippen LogP contribution in [0.3, 0.4) is 0 Å². The van der Waals surface area contributed by atoms with Crippen molar-refractivity contribution in [2.45, 2.75) is 25.5 Å². The number of para-hydroxylation sites is 1. The molecule has 0 spiro atoms.